The van der Waals surface area contributed by atoms with Crippen molar-refractivity contribution in [2.45, 2.75) is 38.4 Å². The van der Waals surface area contributed by atoms with E-state index in [9.17, 15) is 9.18 Å². The number of rotatable bonds is 9. The fourth-order valence-corrected chi connectivity index (χ4v) is 2.04. The Morgan fingerprint density at radius 1 is 1.33 bits per heavy atom. The molecular weight excluding hydrogens is 277 g/mol. The fraction of sp³-hybridized carbons (Fsp3) is 0.533. The van der Waals surface area contributed by atoms with E-state index in [4.69, 9.17) is 19.9 Å². The average Bonchev–Trinajstić information content (AvgIpc) is 2.46. The van der Waals surface area contributed by atoms with Crippen molar-refractivity contribution >= 4 is 6.09 Å². The summed E-state index contributed by atoms with van der Waals surface area (Å²) in [6, 6.07) is 5.86. The monoisotopic (exact) mass is 299 g/mol. The van der Waals surface area contributed by atoms with Crippen LogP contribution in [0, 0.1) is 5.82 Å². The van der Waals surface area contributed by atoms with Crippen molar-refractivity contribution in [1.29, 1.82) is 0 Å². The highest BCUT2D eigenvalue weighted by Gasteiger charge is 2.27. The summed E-state index contributed by atoms with van der Waals surface area (Å²) >= 11 is 0. The molecule has 0 heterocycles. The zero-order valence-electron chi connectivity index (χ0n) is 12.4. The van der Waals surface area contributed by atoms with Gasteiger partial charge in [0.1, 0.15) is 24.8 Å². The first-order valence-corrected chi connectivity index (χ1v) is 6.90. The highest BCUT2D eigenvalue weighted by Crippen LogP contribution is 2.27. The number of carbonyl (C=O) groups is 1. The maximum Gasteiger partial charge on any atom is 0.404 e. The molecule has 0 saturated carbocycles. The van der Waals surface area contributed by atoms with Crippen LogP contribution in [0.3, 0.4) is 0 Å². The van der Waals surface area contributed by atoms with Gasteiger partial charge in [0, 0.05) is 7.11 Å². The van der Waals surface area contributed by atoms with Crippen LogP contribution in [0.25, 0.3) is 0 Å². The van der Waals surface area contributed by atoms with Gasteiger partial charge in [-0.3, -0.25) is 0 Å². The Morgan fingerprint density at radius 3 is 2.52 bits per heavy atom. The predicted molar refractivity (Wildman–Crippen MR) is 76.1 cm³/mol. The summed E-state index contributed by atoms with van der Waals surface area (Å²) in [5.41, 5.74) is 5.83. The lowest BCUT2D eigenvalue weighted by molar-refractivity contribution is -0.117. The number of methoxy groups -OCH3 is 1. The molecule has 21 heavy (non-hydrogen) atoms. The number of benzene rings is 1. The molecule has 1 amide bonds. The van der Waals surface area contributed by atoms with Gasteiger partial charge in [-0.15, -0.1) is 0 Å². The minimum atomic E-state index is -0.857. The number of halogens is 1. The van der Waals surface area contributed by atoms with Gasteiger partial charge in [-0.1, -0.05) is 25.5 Å². The maximum absolute atomic E-state index is 13.0. The Kier molecular flexibility index (Phi) is 7.71. The molecule has 0 aromatic heterocycles. The fourth-order valence-electron chi connectivity index (χ4n) is 2.04. The minimum Gasteiger partial charge on any atom is -0.443 e. The third kappa shape index (κ3) is 6.10. The van der Waals surface area contributed by atoms with Gasteiger partial charge in [-0.2, -0.15) is 0 Å². The first-order chi connectivity index (χ1) is 10.1. The molecule has 1 rings (SSSR count). The van der Waals surface area contributed by atoms with Crippen molar-refractivity contribution < 1.29 is 23.4 Å². The van der Waals surface area contributed by atoms with Crippen molar-refractivity contribution in [2.24, 2.45) is 5.73 Å². The van der Waals surface area contributed by atoms with Crippen molar-refractivity contribution in [3.05, 3.63) is 35.6 Å². The first-order valence-electron chi connectivity index (χ1n) is 6.90. The van der Waals surface area contributed by atoms with Gasteiger partial charge in [0.05, 0.1) is 0 Å². The van der Waals surface area contributed by atoms with Crippen LogP contribution in [0.5, 0.6) is 0 Å². The first kappa shape index (κ1) is 17.4. The smallest absolute Gasteiger partial charge is 0.404 e. The number of carbonyl (C=O) groups excluding carboxylic acids is 1. The van der Waals surface area contributed by atoms with E-state index in [1.54, 1.807) is 12.1 Å². The van der Waals surface area contributed by atoms with Gasteiger partial charge < -0.3 is 19.9 Å². The standard InChI is InChI=1S/C15H22FNO4/c1-3-4-5-13(21-15(17)18)14(20-10-19-2)11-6-8-12(16)9-7-11/h6-9,13-14H,3-5,10H2,1-2H3,(H2,17,18)/t13-,14-/m1/s1. The van der Waals surface area contributed by atoms with Crippen LogP contribution in [-0.4, -0.2) is 26.1 Å². The van der Waals surface area contributed by atoms with E-state index < -0.39 is 18.3 Å². The van der Waals surface area contributed by atoms with Gasteiger partial charge in [0.2, 0.25) is 0 Å². The largest absolute Gasteiger partial charge is 0.443 e. The molecule has 0 aliphatic carbocycles. The van der Waals surface area contributed by atoms with Crippen LogP contribution in [0.4, 0.5) is 9.18 Å². The molecule has 0 spiro atoms. The number of amides is 1. The summed E-state index contributed by atoms with van der Waals surface area (Å²) < 4.78 is 28.7. The second-order valence-electron chi connectivity index (χ2n) is 4.66. The number of primary amides is 1. The Morgan fingerprint density at radius 2 is 2.00 bits per heavy atom. The molecule has 118 valence electrons. The molecule has 2 atom stereocenters. The highest BCUT2D eigenvalue weighted by molar-refractivity contribution is 5.64. The lowest BCUT2D eigenvalue weighted by Gasteiger charge is -2.26. The third-order valence-electron chi connectivity index (χ3n) is 3.01. The molecule has 0 radical (unpaired) electrons. The van der Waals surface area contributed by atoms with Crippen LogP contribution in [0.15, 0.2) is 24.3 Å². The summed E-state index contributed by atoms with van der Waals surface area (Å²) in [6.07, 6.45) is 0.452. The highest BCUT2D eigenvalue weighted by atomic mass is 19.1. The second-order valence-corrected chi connectivity index (χ2v) is 4.66. The van der Waals surface area contributed by atoms with Crippen LogP contribution >= 0.6 is 0 Å². The molecule has 6 heteroatoms. The molecule has 5 nitrogen and oxygen atoms in total. The van der Waals surface area contributed by atoms with E-state index in [2.05, 4.69) is 0 Å². The van der Waals surface area contributed by atoms with E-state index in [1.165, 1.54) is 19.2 Å². The van der Waals surface area contributed by atoms with Crippen molar-refractivity contribution in [1.82, 2.24) is 0 Å². The van der Waals surface area contributed by atoms with Crippen molar-refractivity contribution in [3.63, 3.8) is 0 Å². The third-order valence-corrected chi connectivity index (χ3v) is 3.01. The van der Waals surface area contributed by atoms with E-state index in [-0.39, 0.29) is 12.6 Å². The summed E-state index contributed by atoms with van der Waals surface area (Å²) in [5.74, 6) is -0.342. The lowest BCUT2D eigenvalue weighted by atomic mass is 10.00. The van der Waals surface area contributed by atoms with E-state index >= 15 is 0 Å². The Bertz CT molecular complexity index is 424. The minimum absolute atomic E-state index is 0.0345. The van der Waals surface area contributed by atoms with E-state index in [1.807, 2.05) is 6.92 Å². The maximum atomic E-state index is 13.0. The topological polar surface area (TPSA) is 70.8 Å². The SMILES string of the molecule is CCCC[C@@H](OC(N)=O)[C@H](OCOC)c1ccc(F)cc1. The molecule has 0 bridgehead atoms. The Hall–Kier alpha value is -1.66. The molecule has 0 saturated heterocycles. The predicted octanol–water partition coefficient (Wildman–Crippen LogP) is 3.14. The second kappa shape index (κ2) is 9.31. The number of unbranched alkanes of at least 4 members (excludes halogenated alkanes) is 1. The summed E-state index contributed by atoms with van der Waals surface area (Å²) in [6.45, 7) is 2.07. The van der Waals surface area contributed by atoms with Crippen LogP contribution in [0.1, 0.15) is 37.9 Å². The molecular formula is C15H22FNO4. The van der Waals surface area contributed by atoms with E-state index in [0.29, 0.717) is 12.0 Å². The number of ether oxygens (including phenoxy) is 3. The molecule has 2 N–H and O–H groups in total. The lowest BCUT2D eigenvalue weighted by Crippen LogP contribution is -2.30. The van der Waals surface area contributed by atoms with Crippen molar-refractivity contribution in [2.75, 3.05) is 13.9 Å². The normalized spacial score (nSPS) is 13.7. The van der Waals surface area contributed by atoms with Gasteiger partial charge in [0.15, 0.2) is 0 Å². The van der Waals surface area contributed by atoms with Crippen molar-refractivity contribution in [3.8, 4) is 0 Å². The summed E-state index contributed by atoms with van der Waals surface area (Å²) in [5, 5.41) is 0. The number of nitrogens with two attached hydrogens (primary N) is 1. The van der Waals surface area contributed by atoms with E-state index in [0.717, 1.165) is 12.8 Å². The van der Waals surface area contributed by atoms with Crippen LogP contribution in [-0.2, 0) is 14.2 Å². The number of hydrogen-bond donors (Lipinski definition) is 1. The number of hydrogen-bond acceptors (Lipinski definition) is 4. The van der Waals surface area contributed by atoms with Gasteiger partial charge >= 0.3 is 6.09 Å². The van der Waals surface area contributed by atoms with Gasteiger partial charge in [-0.25, -0.2) is 9.18 Å². The quantitative estimate of drug-likeness (QED) is 0.711. The molecule has 0 aliphatic rings. The molecule has 0 fully saturated rings. The Balaban J connectivity index is 2.93. The molecule has 1 aromatic rings. The average molecular weight is 299 g/mol. The summed E-state index contributed by atoms with van der Waals surface area (Å²) in [4.78, 5) is 11.1. The molecule has 0 unspecified atom stereocenters. The Labute approximate surface area is 124 Å². The summed E-state index contributed by atoms with van der Waals surface area (Å²) in [7, 11) is 1.50. The van der Waals surface area contributed by atoms with Crippen LogP contribution in [0.2, 0.25) is 0 Å². The van der Waals surface area contributed by atoms with Crippen LogP contribution < -0.4 is 5.73 Å². The molecule has 0 aliphatic heterocycles. The zero-order chi connectivity index (χ0) is 15.7. The molecule has 1 aromatic carbocycles. The van der Waals surface area contributed by atoms with Gasteiger partial charge in [-0.05, 0) is 30.5 Å². The zero-order valence-corrected chi connectivity index (χ0v) is 12.4. The van der Waals surface area contributed by atoms with Gasteiger partial charge in [0.25, 0.3) is 0 Å².